The molecule has 0 bridgehead atoms. The Kier molecular flexibility index (Phi) is 6.08. The first-order valence-corrected chi connectivity index (χ1v) is 10.7. The molecule has 3 heterocycles. The number of nitrogens with zero attached hydrogens (tertiary/aromatic N) is 4. The molecule has 4 rings (SSSR count). The fourth-order valence-corrected chi connectivity index (χ4v) is 4.19. The Morgan fingerprint density at radius 3 is 2.75 bits per heavy atom. The maximum Gasteiger partial charge on any atom is 0.433 e. The second-order valence-electron chi connectivity index (χ2n) is 7.95. The molecule has 1 aromatic carbocycles. The lowest BCUT2D eigenvalue weighted by molar-refractivity contribution is -0.143. The van der Waals surface area contributed by atoms with Crippen molar-refractivity contribution in [2.45, 2.75) is 51.2 Å². The van der Waals surface area contributed by atoms with Gasteiger partial charge in [-0.3, -0.25) is 4.79 Å². The topological polar surface area (TPSA) is 59.7 Å². The number of fused-ring (bicyclic) bond motifs is 1. The molecule has 170 valence electrons. The van der Waals surface area contributed by atoms with Crippen LogP contribution in [0.4, 0.5) is 13.2 Å². The highest BCUT2D eigenvalue weighted by Gasteiger charge is 2.36. The number of methoxy groups -OCH3 is 1. The normalized spacial score (nSPS) is 17.0. The van der Waals surface area contributed by atoms with Crippen LogP contribution in [0.1, 0.15) is 54.9 Å². The Labute approximate surface area is 184 Å². The molecule has 1 saturated heterocycles. The second kappa shape index (κ2) is 8.80. The number of ether oxygens (including phenoxy) is 1. The number of carbonyl (C=O) groups is 1. The van der Waals surface area contributed by atoms with Gasteiger partial charge in [0, 0.05) is 18.3 Å². The number of rotatable bonds is 5. The van der Waals surface area contributed by atoms with Crippen LogP contribution in [0.2, 0.25) is 0 Å². The summed E-state index contributed by atoms with van der Waals surface area (Å²) in [7, 11) is 1.57. The number of hydrogen-bond donors (Lipinski definition) is 0. The summed E-state index contributed by atoms with van der Waals surface area (Å²) >= 11 is 0. The third kappa shape index (κ3) is 4.42. The summed E-state index contributed by atoms with van der Waals surface area (Å²) in [6, 6.07) is 9.54. The van der Waals surface area contributed by atoms with Crippen LogP contribution in [-0.2, 0) is 23.8 Å². The van der Waals surface area contributed by atoms with Crippen LogP contribution in [0.15, 0.2) is 36.4 Å². The van der Waals surface area contributed by atoms with Crippen LogP contribution in [0.5, 0.6) is 5.75 Å². The Bertz CT molecular complexity index is 1130. The van der Waals surface area contributed by atoms with Crippen molar-refractivity contribution in [3.63, 3.8) is 0 Å². The van der Waals surface area contributed by atoms with Crippen molar-refractivity contribution < 1.29 is 22.7 Å². The smallest absolute Gasteiger partial charge is 0.433 e. The highest BCUT2D eigenvalue weighted by molar-refractivity contribution is 5.79. The number of aryl methyl sites for hydroxylation is 1. The standard InChI is InChI=1S/C23H25F3N4O2/c1-3-16-13-20(23(24,25)26)30-21(27-16)14-18(28-30)19-9-4-5-10-29(19)22(31)12-15-7-6-8-17(11-15)32-2/h6-8,11,13-14,19H,3-5,9-10,12H2,1-2H3/t19-/m0/s1. The van der Waals surface area contributed by atoms with Gasteiger partial charge in [0.2, 0.25) is 5.91 Å². The van der Waals surface area contributed by atoms with E-state index in [1.165, 1.54) is 0 Å². The minimum absolute atomic E-state index is 0.0849. The van der Waals surface area contributed by atoms with Crippen molar-refractivity contribution in [3.05, 3.63) is 59.0 Å². The van der Waals surface area contributed by atoms with E-state index in [1.54, 1.807) is 25.0 Å². The lowest BCUT2D eigenvalue weighted by Gasteiger charge is -2.35. The van der Waals surface area contributed by atoms with Gasteiger partial charge in [-0.25, -0.2) is 9.50 Å². The zero-order valence-electron chi connectivity index (χ0n) is 18.0. The first-order valence-electron chi connectivity index (χ1n) is 10.7. The summed E-state index contributed by atoms with van der Waals surface area (Å²) in [6.07, 6.45) is -1.61. The van der Waals surface area contributed by atoms with E-state index in [4.69, 9.17) is 4.74 Å². The van der Waals surface area contributed by atoms with Crippen molar-refractivity contribution >= 4 is 11.6 Å². The fourth-order valence-electron chi connectivity index (χ4n) is 4.19. The number of alkyl halides is 3. The predicted molar refractivity (Wildman–Crippen MR) is 112 cm³/mol. The van der Waals surface area contributed by atoms with Crippen LogP contribution in [0.25, 0.3) is 5.65 Å². The molecule has 1 aliphatic heterocycles. The molecule has 32 heavy (non-hydrogen) atoms. The Balaban J connectivity index is 1.66. The number of carbonyl (C=O) groups excluding carboxylic acids is 1. The molecule has 6 nitrogen and oxygen atoms in total. The molecule has 0 N–H and O–H groups in total. The summed E-state index contributed by atoms with van der Waals surface area (Å²) in [5.41, 5.74) is 0.913. The zero-order chi connectivity index (χ0) is 22.9. The molecular formula is C23H25F3N4O2. The molecular weight excluding hydrogens is 421 g/mol. The molecule has 0 saturated carbocycles. The Morgan fingerprint density at radius 2 is 2.03 bits per heavy atom. The van der Waals surface area contributed by atoms with Crippen LogP contribution >= 0.6 is 0 Å². The number of halogens is 3. The monoisotopic (exact) mass is 446 g/mol. The summed E-state index contributed by atoms with van der Waals surface area (Å²) < 4.78 is 47.0. The molecule has 1 aliphatic rings. The number of benzene rings is 1. The maximum absolute atomic E-state index is 13.6. The minimum Gasteiger partial charge on any atom is -0.497 e. The molecule has 0 radical (unpaired) electrons. The fraction of sp³-hybridized carbons (Fsp3) is 0.435. The van der Waals surface area contributed by atoms with Gasteiger partial charge in [0.15, 0.2) is 5.65 Å². The lowest BCUT2D eigenvalue weighted by Crippen LogP contribution is -2.39. The molecule has 3 aromatic rings. The van der Waals surface area contributed by atoms with Gasteiger partial charge in [0.05, 0.1) is 25.3 Å². The van der Waals surface area contributed by atoms with Gasteiger partial charge in [-0.15, -0.1) is 0 Å². The quantitative estimate of drug-likeness (QED) is 0.574. The van der Waals surface area contributed by atoms with Crippen LogP contribution < -0.4 is 4.74 Å². The summed E-state index contributed by atoms with van der Waals surface area (Å²) in [4.78, 5) is 19.2. The van der Waals surface area contributed by atoms with Crippen LogP contribution in [0.3, 0.4) is 0 Å². The number of hydrogen-bond acceptors (Lipinski definition) is 4. The average Bonchev–Trinajstić information content (AvgIpc) is 3.21. The Morgan fingerprint density at radius 1 is 1.22 bits per heavy atom. The number of aromatic nitrogens is 3. The molecule has 0 spiro atoms. The van der Waals surface area contributed by atoms with E-state index in [0.29, 0.717) is 36.5 Å². The van der Waals surface area contributed by atoms with Crippen molar-refractivity contribution in [2.75, 3.05) is 13.7 Å². The summed E-state index contributed by atoms with van der Waals surface area (Å²) in [5.74, 6) is 0.585. The van der Waals surface area contributed by atoms with E-state index in [9.17, 15) is 18.0 Å². The van der Waals surface area contributed by atoms with Gasteiger partial charge in [-0.2, -0.15) is 18.3 Å². The highest BCUT2D eigenvalue weighted by Crippen LogP contribution is 2.34. The molecule has 0 aliphatic carbocycles. The molecule has 1 amide bonds. The molecule has 9 heteroatoms. The van der Waals surface area contributed by atoms with Crippen molar-refractivity contribution in [2.24, 2.45) is 0 Å². The van der Waals surface area contributed by atoms with Gasteiger partial charge in [-0.05, 0) is 49.4 Å². The van der Waals surface area contributed by atoms with Gasteiger partial charge < -0.3 is 9.64 Å². The lowest BCUT2D eigenvalue weighted by atomic mass is 9.98. The average molecular weight is 446 g/mol. The number of amides is 1. The van der Waals surface area contributed by atoms with E-state index in [-0.39, 0.29) is 24.0 Å². The van der Waals surface area contributed by atoms with Gasteiger partial charge in [-0.1, -0.05) is 19.1 Å². The van der Waals surface area contributed by atoms with E-state index in [2.05, 4.69) is 10.1 Å². The number of likely N-dealkylation sites (tertiary alicyclic amines) is 1. The van der Waals surface area contributed by atoms with E-state index < -0.39 is 11.9 Å². The first kappa shape index (κ1) is 22.1. The van der Waals surface area contributed by atoms with Crippen LogP contribution in [0, 0.1) is 0 Å². The predicted octanol–water partition coefficient (Wildman–Crippen LogP) is 4.62. The van der Waals surface area contributed by atoms with Crippen molar-refractivity contribution in [1.82, 2.24) is 19.5 Å². The van der Waals surface area contributed by atoms with E-state index in [0.717, 1.165) is 29.0 Å². The largest absolute Gasteiger partial charge is 0.497 e. The van der Waals surface area contributed by atoms with Crippen molar-refractivity contribution in [3.8, 4) is 5.75 Å². The van der Waals surface area contributed by atoms with Gasteiger partial charge in [0.25, 0.3) is 0 Å². The number of piperidine rings is 1. The zero-order valence-corrected chi connectivity index (χ0v) is 18.0. The van der Waals surface area contributed by atoms with Crippen LogP contribution in [-0.4, -0.2) is 39.1 Å². The summed E-state index contributed by atoms with van der Waals surface area (Å²) in [5, 5.41) is 4.27. The van der Waals surface area contributed by atoms with Gasteiger partial charge >= 0.3 is 6.18 Å². The Hall–Kier alpha value is -3.10. The molecule has 2 aromatic heterocycles. The molecule has 1 fully saturated rings. The van der Waals surface area contributed by atoms with E-state index in [1.807, 2.05) is 24.3 Å². The first-order chi connectivity index (χ1) is 15.3. The third-order valence-corrected chi connectivity index (χ3v) is 5.81. The van der Waals surface area contributed by atoms with Crippen molar-refractivity contribution in [1.29, 1.82) is 0 Å². The highest BCUT2D eigenvalue weighted by atomic mass is 19.4. The SMILES string of the molecule is CCc1cc(C(F)(F)F)n2nc([C@@H]3CCCCN3C(=O)Cc3cccc(OC)c3)cc2n1. The molecule has 1 atom stereocenters. The van der Waals surface area contributed by atoms with Gasteiger partial charge in [0.1, 0.15) is 11.4 Å². The third-order valence-electron chi connectivity index (χ3n) is 5.81. The molecule has 0 unspecified atom stereocenters. The summed E-state index contributed by atoms with van der Waals surface area (Å²) in [6.45, 7) is 2.30. The van der Waals surface area contributed by atoms with E-state index >= 15 is 0 Å². The maximum atomic E-state index is 13.6. The minimum atomic E-state index is -4.55. The second-order valence-corrected chi connectivity index (χ2v) is 7.95.